The molecule has 0 atom stereocenters. The first kappa shape index (κ1) is 14.9. The minimum atomic E-state index is 0.792. The van der Waals surface area contributed by atoms with Crippen LogP contribution in [0.3, 0.4) is 0 Å². The standard InChI is InChI=1S/C18H21ClN4/c19-16-5-3-14(4-6-16)12-22-10-7-17-15(13-22)11-20-18(21-17)23-8-1-2-9-23/h3-6,11H,1-2,7-10,12-13H2. The van der Waals surface area contributed by atoms with Crippen LogP contribution in [0.2, 0.25) is 5.02 Å². The molecule has 2 aliphatic heterocycles. The average Bonchev–Trinajstić information content (AvgIpc) is 3.11. The maximum absolute atomic E-state index is 5.96. The fourth-order valence-corrected chi connectivity index (χ4v) is 3.54. The lowest BCUT2D eigenvalue weighted by atomic mass is 10.1. The Balaban J connectivity index is 1.45. The van der Waals surface area contributed by atoms with Crippen LogP contribution in [-0.4, -0.2) is 34.5 Å². The highest BCUT2D eigenvalue weighted by Crippen LogP contribution is 2.22. The highest BCUT2D eigenvalue weighted by atomic mass is 35.5. The zero-order valence-electron chi connectivity index (χ0n) is 13.2. The molecule has 1 fully saturated rings. The predicted octanol–water partition coefficient (Wildman–Crippen LogP) is 3.29. The molecule has 5 heteroatoms. The third kappa shape index (κ3) is 3.33. The Morgan fingerprint density at radius 3 is 2.61 bits per heavy atom. The third-order valence-corrected chi connectivity index (χ3v) is 4.96. The second kappa shape index (κ2) is 6.46. The Hall–Kier alpha value is -1.65. The van der Waals surface area contributed by atoms with Crippen molar-refractivity contribution in [3.63, 3.8) is 0 Å². The van der Waals surface area contributed by atoms with E-state index in [0.717, 1.165) is 50.1 Å². The van der Waals surface area contributed by atoms with Crippen molar-refractivity contribution in [2.24, 2.45) is 0 Å². The van der Waals surface area contributed by atoms with Gasteiger partial charge >= 0.3 is 0 Å². The van der Waals surface area contributed by atoms with Crippen LogP contribution in [0.5, 0.6) is 0 Å². The number of anilines is 1. The molecule has 0 spiro atoms. The second-order valence-electron chi connectivity index (χ2n) is 6.42. The molecule has 0 saturated carbocycles. The van der Waals surface area contributed by atoms with Crippen LogP contribution >= 0.6 is 11.6 Å². The molecule has 23 heavy (non-hydrogen) atoms. The van der Waals surface area contributed by atoms with Gasteiger partial charge in [0.25, 0.3) is 0 Å². The quantitative estimate of drug-likeness (QED) is 0.865. The lowest BCUT2D eigenvalue weighted by Crippen LogP contribution is -2.31. The van der Waals surface area contributed by atoms with Crippen molar-refractivity contribution in [2.45, 2.75) is 32.4 Å². The molecule has 1 saturated heterocycles. The monoisotopic (exact) mass is 328 g/mol. The van der Waals surface area contributed by atoms with Gasteiger partial charge in [-0.25, -0.2) is 9.97 Å². The first-order chi connectivity index (χ1) is 11.3. The normalized spacial score (nSPS) is 18.2. The lowest BCUT2D eigenvalue weighted by molar-refractivity contribution is 0.243. The molecule has 120 valence electrons. The van der Waals surface area contributed by atoms with Crippen LogP contribution in [0.1, 0.15) is 29.7 Å². The molecule has 1 aromatic heterocycles. The molecule has 2 aromatic rings. The number of benzene rings is 1. The summed E-state index contributed by atoms with van der Waals surface area (Å²) in [6.07, 6.45) is 5.56. The van der Waals surface area contributed by atoms with Gasteiger partial charge in [0.05, 0.1) is 5.69 Å². The Morgan fingerprint density at radius 1 is 1.04 bits per heavy atom. The fourth-order valence-electron chi connectivity index (χ4n) is 3.42. The van der Waals surface area contributed by atoms with Crippen molar-refractivity contribution in [1.29, 1.82) is 0 Å². The molecular weight excluding hydrogens is 308 g/mol. The zero-order chi connectivity index (χ0) is 15.6. The van der Waals surface area contributed by atoms with Crippen LogP contribution < -0.4 is 4.90 Å². The van der Waals surface area contributed by atoms with E-state index in [1.54, 1.807) is 0 Å². The third-order valence-electron chi connectivity index (χ3n) is 4.71. The maximum Gasteiger partial charge on any atom is 0.225 e. The van der Waals surface area contributed by atoms with Crippen LogP contribution in [0.4, 0.5) is 5.95 Å². The summed E-state index contributed by atoms with van der Waals surface area (Å²) in [4.78, 5) is 14.2. The van der Waals surface area contributed by atoms with Crippen molar-refractivity contribution < 1.29 is 0 Å². The number of hydrogen-bond donors (Lipinski definition) is 0. The first-order valence-electron chi connectivity index (χ1n) is 8.34. The molecule has 3 heterocycles. The summed E-state index contributed by atoms with van der Waals surface area (Å²) >= 11 is 5.96. The van der Waals surface area contributed by atoms with Crippen LogP contribution in [0.15, 0.2) is 30.5 Å². The van der Waals surface area contributed by atoms with E-state index >= 15 is 0 Å². The Bertz CT molecular complexity index is 680. The summed E-state index contributed by atoms with van der Waals surface area (Å²) in [6, 6.07) is 8.12. The Labute approximate surface area is 142 Å². The summed E-state index contributed by atoms with van der Waals surface area (Å²) in [6.45, 7) is 5.12. The van der Waals surface area contributed by atoms with Crippen LogP contribution in [0, 0.1) is 0 Å². The molecular formula is C18H21ClN4. The molecule has 0 unspecified atom stereocenters. The molecule has 1 aromatic carbocycles. The lowest BCUT2D eigenvalue weighted by Gasteiger charge is -2.28. The highest BCUT2D eigenvalue weighted by molar-refractivity contribution is 6.30. The van der Waals surface area contributed by atoms with E-state index in [-0.39, 0.29) is 0 Å². The minimum Gasteiger partial charge on any atom is -0.341 e. The van der Waals surface area contributed by atoms with Gasteiger partial charge in [-0.2, -0.15) is 0 Å². The summed E-state index contributed by atoms with van der Waals surface area (Å²) in [5, 5.41) is 0.792. The van der Waals surface area contributed by atoms with E-state index in [9.17, 15) is 0 Å². The number of rotatable bonds is 3. The van der Waals surface area contributed by atoms with Crippen LogP contribution in [0.25, 0.3) is 0 Å². The summed E-state index contributed by atoms with van der Waals surface area (Å²) in [5.41, 5.74) is 3.80. The van der Waals surface area contributed by atoms with Gasteiger partial charge in [-0.15, -0.1) is 0 Å². The number of nitrogens with zero attached hydrogens (tertiary/aromatic N) is 4. The van der Waals surface area contributed by atoms with E-state index in [0.29, 0.717) is 0 Å². The smallest absolute Gasteiger partial charge is 0.225 e. The van der Waals surface area contributed by atoms with Gasteiger partial charge in [0, 0.05) is 55.9 Å². The van der Waals surface area contributed by atoms with Gasteiger partial charge in [0.2, 0.25) is 5.95 Å². The highest BCUT2D eigenvalue weighted by Gasteiger charge is 2.21. The van der Waals surface area contributed by atoms with Gasteiger partial charge in [0.1, 0.15) is 0 Å². The van der Waals surface area contributed by atoms with Crippen molar-refractivity contribution >= 4 is 17.5 Å². The second-order valence-corrected chi connectivity index (χ2v) is 6.86. The van der Waals surface area contributed by atoms with Gasteiger partial charge in [0.15, 0.2) is 0 Å². The molecule has 0 bridgehead atoms. The van der Waals surface area contributed by atoms with Gasteiger partial charge in [-0.3, -0.25) is 4.90 Å². The molecule has 0 N–H and O–H groups in total. The molecule has 0 radical (unpaired) electrons. The molecule has 0 aliphatic carbocycles. The van der Waals surface area contributed by atoms with Crippen molar-refractivity contribution in [2.75, 3.05) is 24.5 Å². The van der Waals surface area contributed by atoms with Gasteiger partial charge in [-0.05, 0) is 30.5 Å². The fraction of sp³-hybridized carbons (Fsp3) is 0.444. The summed E-state index contributed by atoms with van der Waals surface area (Å²) in [7, 11) is 0. The molecule has 4 nitrogen and oxygen atoms in total. The maximum atomic E-state index is 5.96. The number of hydrogen-bond acceptors (Lipinski definition) is 4. The van der Waals surface area contributed by atoms with E-state index < -0.39 is 0 Å². The molecule has 4 rings (SSSR count). The Kier molecular flexibility index (Phi) is 4.19. The van der Waals surface area contributed by atoms with E-state index in [1.807, 2.05) is 18.3 Å². The largest absolute Gasteiger partial charge is 0.341 e. The predicted molar refractivity (Wildman–Crippen MR) is 92.7 cm³/mol. The number of halogens is 1. The first-order valence-corrected chi connectivity index (χ1v) is 8.72. The van der Waals surface area contributed by atoms with Crippen LogP contribution in [-0.2, 0) is 19.5 Å². The van der Waals surface area contributed by atoms with Crippen molar-refractivity contribution in [1.82, 2.24) is 14.9 Å². The Morgan fingerprint density at radius 2 is 1.83 bits per heavy atom. The van der Waals surface area contributed by atoms with E-state index in [4.69, 9.17) is 16.6 Å². The zero-order valence-corrected chi connectivity index (χ0v) is 14.0. The number of fused-ring (bicyclic) bond motifs is 1. The van der Waals surface area contributed by atoms with E-state index in [1.165, 1.54) is 29.7 Å². The molecule has 0 amide bonds. The van der Waals surface area contributed by atoms with Crippen molar-refractivity contribution in [3.8, 4) is 0 Å². The van der Waals surface area contributed by atoms with Gasteiger partial charge < -0.3 is 4.90 Å². The van der Waals surface area contributed by atoms with E-state index in [2.05, 4.69) is 26.9 Å². The molecule has 2 aliphatic rings. The summed E-state index contributed by atoms with van der Waals surface area (Å²) < 4.78 is 0. The topological polar surface area (TPSA) is 32.3 Å². The number of aromatic nitrogens is 2. The summed E-state index contributed by atoms with van der Waals surface area (Å²) in [5.74, 6) is 0.924. The SMILES string of the molecule is Clc1ccc(CN2CCc3nc(N4CCCC4)ncc3C2)cc1. The van der Waals surface area contributed by atoms with Gasteiger partial charge in [-0.1, -0.05) is 23.7 Å². The van der Waals surface area contributed by atoms with Crippen molar-refractivity contribution in [3.05, 3.63) is 52.3 Å². The average molecular weight is 329 g/mol. The minimum absolute atomic E-state index is 0.792.